The number of nitrogens with one attached hydrogen (secondary N) is 3. The molecule has 0 radical (unpaired) electrons. The van der Waals surface area contributed by atoms with E-state index < -0.39 is 5.54 Å². The number of hydrogen-bond acceptors (Lipinski definition) is 5. The van der Waals surface area contributed by atoms with E-state index in [0.717, 1.165) is 12.8 Å². The minimum absolute atomic E-state index is 0. The fraction of sp³-hybridized carbons (Fsp3) is 0.556. The smallest absolute Gasteiger partial charge is 0.250 e. The molecule has 2 rings (SSSR count). The Kier molecular flexibility index (Phi) is 8.68. The van der Waals surface area contributed by atoms with Crippen LogP contribution in [0.3, 0.4) is 0 Å². The highest BCUT2D eigenvalue weighted by Crippen LogP contribution is 2.33. The van der Waals surface area contributed by atoms with E-state index in [9.17, 15) is 9.59 Å². The molecule has 1 aromatic carbocycles. The van der Waals surface area contributed by atoms with Gasteiger partial charge in [-0.1, -0.05) is 12.8 Å². The lowest BCUT2D eigenvalue weighted by atomic mass is 9.95. The van der Waals surface area contributed by atoms with Gasteiger partial charge < -0.3 is 25.4 Å². The quantitative estimate of drug-likeness (QED) is 0.637. The predicted molar refractivity (Wildman–Crippen MR) is 103 cm³/mol. The highest BCUT2D eigenvalue weighted by atomic mass is 35.5. The van der Waals surface area contributed by atoms with Crippen molar-refractivity contribution in [2.24, 2.45) is 0 Å². The Labute approximate surface area is 160 Å². The lowest BCUT2D eigenvalue weighted by Crippen LogP contribution is -2.55. The minimum Gasteiger partial charge on any atom is -0.493 e. The van der Waals surface area contributed by atoms with Gasteiger partial charge in [0, 0.05) is 24.7 Å². The van der Waals surface area contributed by atoms with Gasteiger partial charge in [-0.15, -0.1) is 12.4 Å². The monoisotopic (exact) mass is 385 g/mol. The van der Waals surface area contributed by atoms with Crippen molar-refractivity contribution in [1.29, 1.82) is 0 Å². The van der Waals surface area contributed by atoms with Crippen LogP contribution in [0.5, 0.6) is 11.5 Å². The molecule has 0 unspecified atom stereocenters. The summed E-state index contributed by atoms with van der Waals surface area (Å²) in [6, 6.07) is 5.20. The first-order valence-electron chi connectivity index (χ1n) is 8.54. The molecule has 1 aliphatic rings. The van der Waals surface area contributed by atoms with Crippen molar-refractivity contribution in [3.8, 4) is 11.5 Å². The van der Waals surface area contributed by atoms with E-state index in [2.05, 4.69) is 16.0 Å². The second-order valence-electron chi connectivity index (χ2n) is 6.21. The molecule has 1 fully saturated rings. The van der Waals surface area contributed by atoms with E-state index in [-0.39, 0.29) is 24.2 Å². The first kappa shape index (κ1) is 22.1. The molecule has 2 amide bonds. The number of ether oxygens (including phenoxy) is 2. The number of carbonyl (C=O) groups excluding carboxylic acids is 2. The molecule has 0 heterocycles. The van der Waals surface area contributed by atoms with Crippen LogP contribution in [0, 0.1) is 0 Å². The molecule has 26 heavy (non-hydrogen) atoms. The molecule has 0 bridgehead atoms. The maximum absolute atomic E-state index is 12.9. The Morgan fingerprint density at radius 3 is 2.35 bits per heavy atom. The number of anilines is 1. The van der Waals surface area contributed by atoms with Crippen LogP contribution < -0.4 is 25.4 Å². The molecule has 1 saturated carbocycles. The van der Waals surface area contributed by atoms with Crippen LogP contribution in [0.25, 0.3) is 0 Å². The van der Waals surface area contributed by atoms with Gasteiger partial charge >= 0.3 is 0 Å². The van der Waals surface area contributed by atoms with Crippen molar-refractivity contribution >= 4 is 29.9 Å². The molecule has 0 atom stereocenters. The molecule has 0 aliphatic heterocycles. The van der Waals surface area contributed by atoms with Crippen molar-refractivity contribution in [3.05, 3.63) is 18.2 Å². The summed E-state index contributed by atoms with van der Waals surface area (Å²) in [6.07, 6.45) is 3.49. The van der Waals surface area contributed by atoms with Crippen LogP contribution in [0.2, 0.25) is 0 Å². The highest BCUT2D eigenvalue weighted by molar-refractivity contribution is 6.01. The van der Waals surface area contributed by atoms with Crippen LogP contribution in [0.4, 0.5) is 5.69 Å². The molecule has 1 aromatic rings. The third-order valence-corrected chi connectivity index (χ3v) is 4.51. The molecule has 8 heteroatoms. The van der Waals surface area contributed by atoms with Gasteiger partial charge in [-0.25, -0.2) is 0 Å². The molecular weight excluding hydrogens is 358 g/mol. The minimum atomic E-state index is -0.835. The lowest BCUT2D eigenvalue weighted by molar-refractivity contribution is -0.130. The van der Waals surface area contributed by atoms with Gasteiger partial charge in [-0.3, -0.25) is 9.59 Å². The van der Waals surface area contributed by atoms with E-state index in [1.165, 1.54) is 0 Å². The Bertz CT molecular complexity index is 618. The Morgan fingerprint density at radius 2 is 1.77 bits per heavy atom. The Hall–Kier alpha value is -1.99. The molecule has 0 aromatic heterocycles. The van der Waals surface area contributed by atoms with Gasteiger partial charge in [0.05, 0.1) is 14.2 Å². The molecule has 3 N–H and O–H groups in total. The summed E-state index contributed by atoms with van der Waals surface area (Å²) in [5.41, 5.74) is -0.226. The predicted octanol–water partition coefficient (Wildman–Crippen LogP) is 2.10. The molecular formula is C18H28ClN3O4. The summed E-state index contributed by atoms with van der Waals surface area (Å²) in [6.45, 7) is 0.583. The summed E-state index contributed by atoms with van der Waals surface area (Å²) in [4.78, 5) is 25.0. The maximum Gasteiger partial charge on any atom is 0.250 e. The van der Waals surface area contributed by atoms with Crippen molar-refractivity contribution in [2.75, 3.05) is 33.1 Å². The van der Waals surface area contributed by atoms with Crippen molar-refractivity contribution in [3.63, 3.8) is 0 Å². The third kappa shape index (κ3) is 5.25. The summed E-state index contributed by atoms with van der Waals surface area (Å²) in [5.74, 6) is 0.837. The first-order chi connectivity index (χ1) is 12.0. The summed E-state index contributed by atoms with van der Waals surface area (Å²) in [7, 11) is 4.90. The fourth-order valence-electron chi connectivity index (χ4n) is 3.12. The van der Waals surface area contributed by atoms with Gasteiger partial charge in [-0.2, -0.15) is 0 Å². The van der Waals surface area contributed by atoms with E-state index >= 15 is 0 Å². The number of halogens is 1. The molecule has 1 aliphatic carbocycles. The second kappa shape index (κ2) is 10.2. The number of carbonyl (C=O) groups is 2. The Balaban J connectivity index is 0.00000338. The average Bonchev–Trinajstić information content (AvgIpc) is 3.09. The zero-order chi connectivity index (χ0) is 18.3. The number of hydrogen-bond donors (Lipinski definition) is 3. The maximum atomic E-state index is 12.9. The highest BCUT2D eigenvalue weighted by Gasteiger charge is 2.42. The van der Waals surface area contributed by atoms with Crippen LogP contribution >= 0.6 is 12.4 Å². The van der Waals surface area contributed by atoms with E-state index in [1.54, 1.807) is 39.5 Å². The molecule has 0 saturated heterocycles. The largest absolute Gasteiger partial charge is 0.493 e. The Morgan fingerprint density at radius 1 is 1.12 bits per heavy atom. The van der Waals surface area contributed by atoms with Gasteiger partial charge in [0.25, 0.3) is 0 Å². The number of rotatable bonds is 8. The number of benzene rings is 1. The molecule has 7 nitrogen and oxygen atoms in total. The van der Waals surface area contributed by atoms with Gasteiger partial charge in [0.2, 0.25) is 11.8 Å². The zero-order valence-electron chi connectivity index (χ0n) is 15.5. The van der Waals surface area contributed by atoms with E-state index in [4.69, 9.17) is 9.47 Å². The van der Waals surface area contributed by atoms with Gasteiger partial charge in [0.1, 0.15) is 5.54 Å². The zero-order valence-corrected chi connectivity index (χ0v) is 16.3. The first-order valence-corrected chi connectivity index (χ1v) is 8.54. The van der Waals surface area contributed by atoms with Crippen LogP contribution in [-0.2, 0) is 9.59 Å². The number of amides is 2. The fourth-order valence-corrected chi connectivity index (χ4v) is 3.12. The summed E-state index contributed by atoms with van der Waals surface area (Å²) in [5, 5.41) is 8.80. The summed E-state index contributed by atoms with van der Waals surface area (Å²) < 4.78 is 10.5. The van der Waals surface area contributed by atoms with E-state index in [0.29, 0.717) is 43.0 Å². The van der Waals surface area contributed by atoms with Gasteiger partial charge in [-0.05, 0) is 32.0 Å². The standard InChI is InChI=1S/C18H27N3O4.ClH/c1-19-11-8-16(22)21-18(9-4-5-10-18)17(23)20-13-6-7-14(24-2)15(12-13)25-3;/h6-7,12,19H,4-5,8-11H2,1-3H3,(H,20,23)(H,21,22);1H. The number of methoxy groups -OCH3 is 2. The normalized spacial score (nSPS) is 14.9. The lowest BCUT2D eigenvalue weighted by Gasteiger charge is -2.29. The summed E-state index contributed by atoms with van der Waals surface area (Å²) >= 11 is 0. The molecule has 0 spiro atoms. The average molecular weight is 386 g/mol. The van der Waals surface area contributed by atoms with Crippen molar-refractivity contribution < 1.29 is 19.1 Å². The molecule has 146 valence electrons. The van der Waals surface area contributed by atoms with Crippen LogP contribution in [0.15, 0.2) is 18.2 Å². The van der Waals surface area contributed by atoms with Gasteiger partial charge in [0.15, 0.2) is 11.5 Å². The van der Waals surface area contributed by atoms with Crippen molar-refractivity contribution in [1.82, 2.24) is 10.6 Å². The van der Waals surface area contributed by atoms with E-state index in [1.807, 2.05) is 0 Å². The SMILES string of the molecule is CNCCC(=O)NC1(C(=O)Nc2ccc(OC)c(OC)c2)CCCC1.Cl. The topological polar surface area (TPSA) is 88.7 Å². The van der Waals surface area contributed by atoms with Crippen molar-refractivity contribution in [2.45, 2.75) is 37.6 Å². The third-order valence-electron chi connectivity index (χ3n) is 4.51. The second-order valence-corrected chi connectivity index (χ2v) is 6.21. The van der Waals surface area contributed by atoms with Crippen LogP contribution in [0.1, 0.15) is 32.1 Å². The van der Waals surface area contributed by atoms with Crippen LogP contribution in [-0.4, -0.2) is 45.2 Å².